The lowest BCUT2D eigenvalue weighted by molar-refractivity contribution is -0.144. The van der Waals surface area contributed by atoms with Crippen LogP contribution in [0.4, 0.5) is 0 Å². The number of nitrogens with zero attached hydrogens (tertiary/aromatic N) is 1. The maximum atomic E-state index is 11.1. The van der Waals surface area contributed by atoms with Gasteiger partial charge in [0, 0.05) is 5.92 Å². The summed E-state index contributed by atoms with van der Waals surface area (Å²) >= 11 is 0. The summed E-state index contributed by atoms with van der Waals surface area (Å²) in [5.41, 5.74) is -0.727. The fourth-order valence-electron chi connectivity index (χ4n) is 2.19. The van der Waals surface area contributed by atoms with E-state index in [9.17, 15) is 4.79 Å². The van der Waals surface area contributed by atoms with Gasteiger partial charge in [-0.1, -0.05) is 13.3 Å². The summed E-state index contributed by atoms with van der Waals surface area (Å²) in [7, 11) is 0. The van der Waals surface area contributed by atoms with E-state index in [2.05, 4.69) is 6.07 Å². The average Bonchev–Trinajstić information content (AvgIpc) is 2.57. The molecule has 0 aromatic rings. The van der Waals surface area contributed by atoms with Gasteiger partial charge in [0.25, 0.3) is 0 Å². The highest BCUT2D eigenvalue weighted by Crippen LogP contribution is 2.64. The fourth-order valence-corrected chi connectivity index (χ4v) is 2.19. The second-order valence-corrected chi connectivity index (χ2v) is 3.20. The number of cyclic esters (lactones) is 1. The standard InChI is InChI=1S/C8H9NO2/c1-2-5-6-3-11-7(10)8(5,6)4-9/h5-6H,2-3H2,1H3/t5-,6+,8-/m1/s1. The molecule has 0 radical (unpaired) electrons. The minimum atomic E-state index is -0.727. The van der Waals surface area contributed by atoms with Crippen LogP contribution >= 0.6 is 0 Å². The molecular formula is C8H9NO2. The average molecular weight is 151 g/mol. The SMILES string of the molecule is CC[C@@H]1[C@@H]2COC(=O)[C@]12C#N. The summed E-state index contributed by atoms with van der Waals surface area (Å²) in [5.74, 6) is 0.176. The molecule has 11 heavy (non-hydrogen) atoms. The summed E-state index contributed by atoms with van der Waals surface area (Å²) in [5, 5.41) is 8.79. The second kappa shape index (κ2) is 1.76. The van der Waals surface area contributed by atoms with Crippen LogP contribution in [0.3, 0.4) is 0 Å². The highest BCUT2D eigenvalue weighted by Gasteiger charge is 2.74. The van der Waals surface area contributed by atoms with Crippen LogP contribution in [0.25, 0.3) is 0 Å². The Morgan fingerprint density at radius 1 is 1.91 bits per heavy atom. The van der Waals surface area contributed by atoms with Gasteiger partial charge < -0.3 is 4.74 Å². The first-order chi connectivity index (χ1) is 5.27. The molecule has 1 saturated heterocycles. The van der Waals surface area contributed by atoms with Crippen LogP contribution in [0.2, 0.25) is 0 Å². The molecule has 2 fully saturated rings. The Morgan fingerprint density at radius 2 is 2.64 bits per heavy atom. The normalized spacial score (nSPS) is 46.0. The van der Waals surface area contributed by atoms with Gasteiger partial charge in [0.2, 0.25) is 0 Å². The molecule has 1 aliphatic carbocycles. The molecule has 0 unspecified atom stereocenters. The molecule has 0 bridgehead atoms. The van der Waals surface area contributed by atoms with E-state index in [0.29, 0.717) is 6.61 Å². The molecule has 3 atom stereocenters. The van der Waals surface area contributed by atoms with Crippen molar-refractivity contribution in [1.82, 2.24) is 0 Å². The molecule has 2 rings (SSSR count). The zero-order valence-electron chi connectivity index (χ0n) is 6.33. The van der Waals surface area contributed by atoms with Crippen molar-refractivity contribution < 1.29 is 9.53 Å². The van der Waals surface area contributed by atoms with Crippen LogP contribution in [0.5, 0.6) is 0 Å². The molecule has 1 heterocycles. The van der Waals surface area contributed by atoms with Gasteiger partial charge in [-0.25, -0.2) is 0 Å². The van der Waals surface area contributed by atoms with Crippen LogP contribution in [-0.2, 0) is 9.53 Å². The molecule has 1 aliphatic heterocycles. The van der Waals surface area contributed by atoms with E-state index in [0.717, 1.165) is 6.42 Å². The fraction of sp³-hybridized carbons (Fsp3) is 0.750. The summed E-state index contributed by atoms with van der Waals surface area (Å²) in [6.45, 7) is 2.47. The van der Waals surface area contributed by atoms with E-state index in [1.54, 1.807) is 0 Å². The van der Waals surface area contributed by atoms with Crippen LogP contribution in [-0.4, -0.2) is 12.6 Å². The predicted octanol–water partition coefficient (Wildman–Crippen LogP) is 0.709. The lowest BCUT2D eigenvalue weighted by Crippen LogP contribution is -2.15. The molecule has 1 saturated carbocycles. The monoisotopic (exact) mass is 151 g/mol. The molecule has 3 nitrogen and oxygen atoms in total. The Labute approximate surface area is 64.9 Å². The summed E-state index contributed by atoms with van der Waals surface area (Å²) in [6.07, 6.45) is 0.910. The number of hydrogen-bond donors (Lipinski definition) is 0. The third kappa shape index (κ3) is 0.518. The van der Waals surface area contributed by atoms with Gasteiger partial charge in [-0.05, 0) is 5.92 Å². The second-order valence-electron chi connectivity index (χ2n) is 3.20. The van der Waals surface area contributed by atoms with Gasteiger partial charge in [-0.15, -0.1) is 0 Å². The quantitative estimate of drug-likeness (QED) is 0.518. The first-order valence-electron chi connectivity index (χ1n) is 3.85. The Kier molecular flexibility index (Phi) is 1.07. The summed E-state index contributed by atoms with van der Waals surface area (Å²) in [6, 6.07) is 2.09. The van der Waals surface area contributed by atoms with Crippen molar-refractivity contribution in [2.24, 2.45) is 17.3 Å². The number of rotatable bonds is 1. The van der Waals surface area contributed by atoms with Crippen LogP contribution in [0.15, 0.2) is 0 Å². The largest absolute Gasteiger partial charge is 0.464 e. The maximum absolute atomic E-state index is 11.1. The number of fused-ring (bicyclic) bond motifs is 1. The van der Waals surface area contributed by atoms with E-state index in [1.165, 1.54) is 0 Å². The molecule has 0 amide bonds. The zero-order valence-corrected chi connectivity index (χ0v) is 6.33. The maximum Gasteiger partial charge on any atom is 0.327 e. The van der Waals surface area contributed by atoms with Gasteiger partial charge in [0.15, 0.2) is 5.41 Å². The lowest BCUT2D eigenvalue weighted by atomic mass is 10.1. The van der Waals surface area contributed by atoms with Gasteiger partial charge >= 0.3 is 5.97 Å². The first-order valence-corrected chi connectivity index (χ1v) is 3.85. The topological polar surface area (TPSA) is 50.1 Å². The Hall–Kier alpha value is -1.04. The zero-order chi connectivity index (χ0) is 8.06. The Morgan fingerprint density at radius 3 is 3.00 bits per heavy atom. The number of ether oxygens (including phenoxy) is 1. The number of esters is 1. The van der Waals surface area contributed by atoms with Crippen molar-refractivity contribution in [2.75, 3.05) is 6.61 Å². The highest BCUT2D eigenvalue weighted by molar-refractivity contribution is 5.87. The molecule has 3 heteroatoms. The van der Waals surface area contributed by atoms with Crippen molar-refractivity contribution >= 4 is 5.97 Å². The van der Waals surface area contributed by atoms with Crippen molar-refractivity contribution in [1.29, 1.82) is 5.26 Å². The van der Waals surface area contributed by atoms with Crippen molar-refractivity contribution in [3.63, 3.8) is 0 Å². The van der Waals surface area contributed by atoms with Crippen molar-refractivity contribution in [3.05, 3.63) is 0 Å². The minimum Gasteiger partial charge on any atom is -0.464 e. The molecule has 0 aromatic heterocycles. The molecule has 2 aliphatic rings. The highest BCUT2D eigenvalue weighted by atomic mass is 16.5. The van der Waals surface area contributed by atoms with E-state index in [1.807, 2.05) is 6.92 Å². The third-order valence-corrected chi connectivity index (χ3v) is 2.90. The van der Waals surface area contributed by atoms with Crippen LogP contribution < -0.4 is 0 Å². The van der Waals surface area contributed by atoms with E-state index in [4.69, 9.17) is 10.00 Å². The smallest absolute Gasteiger partial charge is 0.327 e. The van der Waals surface area contributed by atoms with E-state index >= 15 is 0 Å². The molecule has 0 spiro atoms. The Balaban J connectivity index is 2.30. The van der Waals surface area contributed by atoms with Gasteiger partial charge in [-0.2, -0.15) is 5.26 Å². The van der Waals surface area contributed by atoms with Crippen LogP contribution in [0.1, 0.15) is 13.3 Å². The third-order valence-electron chi connectivity index (χ3n) is 2.90. The number of hydrogen-bond acceptors (Lipinski definition) is 3. The predicted molar refractivity (Wildman–Crippen MR) is 36.3 cm³/mol. The Bertz CT molecular complexity index is 249. The van der Waals surface area contributed by atoms with E-state index in [-0.39, 0.29) is 17.8 Å². The van der Waals surface area contributed by atoms with Crippen molar-refractivity contribution in [3.8, 4) is 6.07 Å². The molecular weight excluding hydrogens is 142 g/mol. The summed E-state index contributed by atoms with van der Waals surface area (Å²) in [4.78, 5) is 11.1. The van der Waals surface area contributed by atoms with Gasteiger partial charge in [0.1, 0.15) is 0 Å². The first kappa shape index (κ1) is 6.66. The van der Waals surface area contributed by atoms with Crippen LogP contribution in [0, 0.1) is 28.6 Å². The van der Waals surface area contributed by atoms with Gasteiger partial charge in [-0.3, -0.25) is 4.79 Å². The number of carbonyl (C=O) groups excluding carboxylic acids is 1. The lowest BCUT2D eigenvalue weighted by Gasteiger charge is -2.02. The number of nitriles is 1. The minimum absolute atomic E-state index is 0.199. The van der Waals surface area contributed by atoms with Gasteiger partial charge in [0.05, 0.1) is 12.7 Å². The number of carbonyl (C=O) groups is 1. The van der Waals surface area contributed by atoms with Crippen molar-refractivity contribution in [2.45, 2.75) is 13.3 Å². The molecule has 0 N–H and O–H groups in total. The molecule has 0 aromatic carbocycles. The summed E-state index contributed by atoms with van der Waals surface area (Å²) < 4.78 is 4.78. The van der Waals surface area contributed by atoms with E-state index < -0.39 is 5.41 Å². The molecule has 58 valence electrons.